The number of fused-ring (bicyclic) bond motifs is 3. The number of carbonyl (C=O) groups excluding carboxylic acids is 1. The molecule has 8 heteroatoms. The normalized spacial score (nSPS) is 28.1. The van der Waals surface area contributed by atoms with Crippen molar-refractivity contribution in [2.24, 2.45) is 11.8 Å². The number of aromatic hydroxyl groups is 1. The van der Waals surface area contributed by atoms with Crippen molar-refractivity contribution in [1.82, 2.24) is 0 Å². The smallest absolute Gasteiger partial charge is 0.309 e. The van der Waals surface area contributed by atoms with Crippen molar-refractivity contribution < 1.29 is 34.0 Å². The second-order valence-electron chi connectivity index (χ2n) is 9.05. The second kappa shape index (κ2) is 9.15. The lowest BCUT2D eigenvalue weighted by molar-refractivity contribution is -0.148. The molecule has 7 nitrogen and oxygen atoms in total. The maximum atomic E-state index is 13.5. The molecule has 1 aliphatic heterocycles. The van der Waals surface area contributed by atoms with Gasteiger partial charge in [-0.15, -0.1) is 0 Å². The Kier molecular flexibility index (Phi) is 6.28. The molecular formula is C28H27IO7. The first-order chi connectivity index (χ1) is 17.4. The molecule has 188 valence electrons. The zero-order valence-corrected chi connectivity index (χ0v) is 22.3. The number of methoxy groups -OCH3 is 3. The van der Waals surface area contributed by atoms with Crippen LogP contribution < -0.4 is 14.2 Å². The second-order valence-corrected chi connectivity index (χ2v) is 9.93. The fraction of sp³-hybridized carbons (Fsp3) is 0.321. The van der Waals surface area contributed by atoms with Gasteiger partial charge in [0.05, 0.1) is 32.8 Å². The van der Waals surface area contributed by atoms with Crippen molar-refractivity contribution in [2.75, 3.05) is 25.8 Å². The summed E-state index contributed by atoms with van der Waals surface area (Å²) >= 11 is 2.20. The van der Waals surface area contributed by atoms with Crippen LogP contribution in [0.2, 0.25) is 0 Å². The number of aliphatic hydroxyl groups is 1. The van der Waals surface area contributed by atoms with Crippen LogP contribution in [-0.4, -0.2) is 41.9 Å². The van der Waals surface area contributed by atoms with Gasteiger partial charge < -0.3 is 29.2 Å². The van der Waals surface area contributed by atoms with Crippen LogP contribution in [-0.2, 0) is 20.7 Å². The molecule has 3 aromatic rings. The predicted molar refractivity (Wildman–Crippen MR) is 141 cm³/mol. The summed E-state index contributed by atoms with van der Waals surface area (Å²) in [6, 6.07) is 19.8. The van der Waals surface area contributed by atoms with Crippen molar-refractivity contribution in [3.05, 3.63) is 83.4 Å². The first kappa shape index (κ1) is 24.7. The Hall–Kier alpha value is -2.98. The number of esters is 1. The standard InChI is InChI=1S/C28H27IO7/c1-33-19-11-9-17(10-12-19)28-24(16-7-5-4-6-8-16)23(26(31)35-3)20(15-29)27(28,32)25-21(34-2)13-18(30)14-22(25)36-28/h4-14,20,23-24,30,32H,15H2,1-3H3/t20-,23+,24-,27-,28+/m1/s1. The van der Waals surface area contributed by atoms with Crippen LogP contribution in [0.4, 0.5) is 0 Å². The lowest BCUT2D eigenvalue weighted by atomic mass is 9.70. The molecule has 2 aliphatic rings. The van der Waals surface area contributed by atoms with Gasteiger partial charge in [-0.25, -0.2) is 0 Å². The van der Waals surface area contributed by atoms with Gasteiger partial charge in [0.25, 0.3) is 0 Å². The third-order valence-electron chi connectivity index (χ3n) is 7.57. The number of ether oxygens (including phenoxy) is 4. The van der Waals surface area contributed by atoms with Gasteiger partial charge in [-0.05, 0) is 23.3 Å². The first-order valence-corrected chi connectivity index (χ1v) is 13.1. The van der Waals surface area contributed by atoms with Crippen molar-refractivity contribution in [3.63, 3.8) is 0 Å². The Balaban J connectivity index is 1.90. The molecule has 1 saturated carbocycles. The van der Waals surface area contributed by atoms with Gasteiger partial charge in [0, 0.05) is 28.4 Å². The minimum atomic E-state index is -1.70. The van der Waals surface area contributed by atoms with Gasteiger partial charge >= 0.3 is 5.97 Å². The molecule has 36 heavy (non-hydrogen) atoms. The lowest BCUT2D eigenvalue weighted by Crippen LogP contribution is -2.50. The molecule has 0 bridgehead atoms. The summed E-state index contributed by atoms with van der Waals surface area (Å²) in [5.74, 6) is -1.18. The van der Waals surface area contributed by atoms with E-state index in [-0.39, 0.29) is 11.5 Å². The third-order valence-corrected chi connectivity index (χ3v) is 8.52. The van der Waals surface area contributed by atoms with Gasteiger partial charge in [-0.2, -0.15) is 0 Å². The van der Waals surface area contributed by atoms with Crippen LogP contribution in [0, 0.1) is 11.8 Å². The van der Waals surface area contributed by atoms with E-state index in [1.54, 1.807) is 19.2 Å². The van der Waals surface area contributed by atoms with E-state index in [2.05, 4.69) is 22.6 Å². The lowest BCUT2D eigenvalue weighted by Gasteiger charge is -2.41. The van der Waals surface area contributed by atoms with E-state index < -0.39 is 34.9 Å². The molecule has 2 N–H and O–H groups in total. The number of benzene rings is 3. The molecule has 0 radical (unpaired) electrons. The Morgan fingerprint density at radius 3 is 2.31 bits per heavy atom. The first-order valence-electron chi connectivity index (χ1n) is 11.5. The average Bonchev–Trinajstić information content (AvgIpc) is 3.29. The number of carbonyl (C=O) groups is 1. The van der Waals surface area contributed by atoms with E-state index in [4.69, 9.17) is 18.9 Å². The molecule has 5 rings (SSSR count). The largest absolute Gasteiger partial charge is 0.508 e. The highest BCUT2D eigenvalue weighted by molar-refractivity contribution is 14.1. The van der Waals surface area contributed by atoms with E-state index in [9.17, 15) is 15.0 Å². The Morgan fingerprint density at radius 2 is 1.72 bits per heavy atom. The molecule has 0 unspecified atom stereocenters. The van der Waals surface area contributed by atoms with E-state index >= 15 is 0 Å². The van der Waals surface area contributed by atoms with Crippen molar-refractivity contribution in [2.45, 2.75) is 17.1 Å². The zero-order valence-electron chi connectivity index (χ0n) is 20.1. The predicted octanol–water partition coefficient (Wildman–Crippen LogP) is 4.52. The Labute approximate surface area is 223 Å². The number of phenolic OH excluding ortho intramolecular Hbond substituents is 1. The van der Waals surface area contributed by atoms with Crippen LogP contribution in [0.1, 0.15) is 22.6 Å². The molecule has 0 aromatic heterocycles. The topological polar surface area (TPSA) is 94.5 Å². The maximum Gasteiger partial charge on any atom is 0.309 e. The summed E-state index contributed by atoms with van der Waals surface area (Å²) in [6.45, 7) is 0. The van der Waals surface area contributed by atoms with E-state index in [0.717, 1.165) is 5.56 Å². The molecule has 1 fully saturated rings. The zero-order chi connectivity index (χ0) is 25.7. The molecule has 1 heterocycles. The molecule has 1 aliphatic carbocycles. The number of hydrogen-bond donors (Lipinski definition) is 2. The van der Waals surface area contributed by atoms with Gasteiger partial charge in [-0.3, -0.25) is 4.79 Å². The Bertz CT molecular complexity index is 1280. The highest BCUT2D eigenvalue weighted by atomic mass is 127. The summed E-state index contributed by atoms with van der Waals surface area (Å²) in [4.78, 5) is 13.5. The average molecular weight is 602 g/mol. The van der Waals surface area contributed by atoms with Crippen molar-refractivity contribution in [3.8, 4) is 23.0 Å². The van der Waals surface area contributed by atoms with Crippen LogP contribution in [0.5, 0.6) is 23.0 Å². The monoisotopic (exact) mass is 602 g/mol. The number of halogens is 1. The fourth-order valence-corrected chi connectivity index (χ4v) is 7.37. The third kappa shape index (κ3) is 3.23. The summed E-state index contributed by atoms with van der Waals surface area (Å²) in [5.41, 5.74) is -1.23. The van der Waals surface area contributed by atoms with Crippen LogP contribution in [0.25, 0.3) is 0 Å². The van der Waals surface area contributed by atoms with Crippen LogP contribution in [0.15, 0.2) is 66.7 Å². The number of rotatable bonds is 6. The molecule has 0 saturated heterocycles. The number of hydrogen-bond acceptors (Lipinski definition) is 7. The molecule has 0 spiro atoms. The summed E-state index contributed by atoms with van der Waals surface area (Å²) in [5, 5.41) is 23.4. The van der Waals surface area contributed by atoms with Gasteiger partial charge in [0.2, 0.25) is 0 Å². The summed E-state index contributed by atoms with van der Waals surface area (Å²) in [6.07, 6.45) is 0. The highest BCUT2D eigenvalue weighted by Gasteiger charge is 2.77. The minimum absolute atomic E-state index is 0.0501. The van der Waals surface area contributed by atoms with E-state index in [0.29, 0.717) is 27.1 Å². The van der Waals surface area contributed by atoms with Crippen molar-refractivity contribution >= 4 is 28.6 Å². The van der Waals surface area contributed by atoms with Crippen LogP contribution in [0.3, 0.4) is 0 Å². The summed E-state index contributed by atoms with van der Waals surface area (Å²) in [7, 11) is 4.42. The fourth-order valence-electron chi connectivity index (χ4n) is 6.18. The number of phenols is 1. The molecule has 5 atom stereocenters. The molecule has 0 amide bonds. The van der Waals surface area contributed by atoms with E-state index in [1.807, 2.05) is 42.5 Å². The van der Waals surface area contributed by atoms with E-state index in [1.165, 1.54) is 26.4 Å². The highest BCUT2D eigenvalue weighted by Crippen LogP contribution is 2.72. The SMILES string of the molecule is COC(=O)[C@H]1[C@@H](CI)[C@@]2(O)c3c(OC)cc(O)cc3O[C@@]2(c2ccc(OC)cc2)[C@@H]1c1ccccc1. The minimum Gasteiger partial charge on any atom is -0.508 e. The van der Waals surface area contributed by atoms with Crippen molar-refractivity contribution in [1.29, 1.82) is 0 Å². The quantitative estimate of drug-likeness (QED) is 0.244. The van der Waals surface area contributed by atoms with Crippen LogP contribution >= 0.6 is 22.6 Å². The molecular weight excluding hydrogens is 575 g/mol. The van der Waals surface area contributed by atoms with Gasteiger partial charge in [0.1, 0.15) is 28.6 Å². The van der Waals surface area contributed by atoms with Gasteiger partial charge in [0.15, 0.2) is 5.60 Å². The Morgan fingerprint density at radius 1 is 1.03 bits per heavy atom. The molecule has 3 aromatic carbocycles. The maximum absolute atomic E-state index is 13.5. The van der Waals surface area contributed by atoms with Gasteiger partial charge in [-0.1, -0.05) is 65.1 Å². The summed E-state index contributed by atoms with van der Waals surface area (Å²) < 4.78 is 23.6. The number of alkyl halides is 1.